The number of fused-ring (bicyclic) bond motifs is 1. The fourth-order valence-electron chi connectivity index (χ4n) is 3.68. The molecule has 0 atom stereocenters. The van der Waals surface area contributed by atoms with Crippen LogP contribution in [0.1, 0.15) is 38.3 Å². The average molecular weight is 369 g/mol. The maximum atomic E-state index is 13.1. The summed E-state index contributed by atoms with van der Waals surface area (Å²) in [6.07, 6.45) is 2.87. The molecule has 4 heteroatoms. The van der Waals surface area contributed by atoms with Crippen molar-refractivity contribution >= 4 is 17.5 Å². The van der Waals surface area contributed by atoms with Crippen molar-refractivity contribution < 1.29 is 14.4 Å². The van der Waals surface area contributed by atoms with Gasteiger partial charge in [-0.2, -0.15) is 0 Å². The van der Waals surface area contributed by atoms with E-state index in [4.69, 9.17) is 0 Å². The molecule has 4 rings (SSSR count). The van der Waals surface area contributed by atoms with Gasteiger partial charge in [0.15, 0.2) is 11.6 Å². The van der Waals surface area contributed by atoms with E-state index in [9.17, 15) is 14.4 Å². The Labute approximate surface area is 163 Å². The van der Waals surface area contributed by atoms with Crippen molar-refractivity contribution in [3.05, 3.63) is 99.3 Å². The Balaban J connectivity index is 1.63. The smallest absolute Gasteiger partial charge is 0.196 e. The van der Waals surface area contributed by atoms with E-state index >= 15 is 0 Å². The second kappa shape index (κ2) is 7.26. The van der Waals surface area contributed by atoms with Crippen LogP contribution in [-0.4, -0.2) is 24.1 Å². The van der Waals surface area contributed by atoms with Crippen molar-refractivity contribution in [3.63, 3.8) is 0 Å². The molecule has 0 saturated carbocycles. The number of carbonyl (C=O) groups is 2. The largest absolute Gasteiger partial charge is 0.384 e. The van der Waals surface area contributed by atoms with Crippen LogP contribution in [0.25, 0.3) is 0 Å². The van der Waals surface area contributed by atoms with Crippen LogP contribution in [0.2, 0.25) is 0 Å². The molecule has 2 aliphatic rings. The molecule has 0 heterocycles. The van der Waals surface area contributed by atoms with Crippen molar-refractivity contribution in [2.45, 2.75) is 19.8 Å². The molecule has 2 aromatic carbocycles. The number of aryl methyl sites for hydroxylation is 1. The molecular formula is C24H19NO3. The first-order valence-corrected chi connectivity index (χ1v) is 9.27. The van der Waals surface area contributed by atoms with Crippen molar-refractivity contribution in [1.29, 1.82) is 0 Å². The van der Waals surface area contributed by atoms with Gasteiger partial charge < -0.3 is 5.32 Å². The van der Waals surface area contributed by atoms with Crippen molar-refractivity contribution in [3.8, 4) is 0 Å². The molecule has 0 aromatic heterocycles. The molecule has 1 N–H and O–H groups in total. The summed E-state index contributed by atoms with van der Waals surface area (Å²) >= 11 is 0. The summed E-state index contributed by atoms with van der Waals surface area (Å²) in [6, 6.07) is 15.0. The third-order valence-corrected chi connectivity index (χ3v) is 5.17. The van der Waals surface area contributed by atoms with E-state index in [0.717, 1.165) is 6.42 Å². The number of Topliss-reactive ketones (excluding diaryl/α,β-unsaturated/α-hetero) is 2. The van der Waals surface area contributed by atoms with E-state index < -0.39 is 0 Å². The van der Waals surface area contributed by atoms with Gasteiger partial charge in [-0.05, 0) is 18.9 Å². The van der Waals surface area contributed by atoms with E-state index in [1.54, 1.807) is 30.3 Å². The molecule has 0 amide bonds. The molecule has 0 saturated heterocycles. The minimum atomic E-state index is -0.283. The van der Waals surface area contributed by atoms with Crippen LogP contribution in [-0.2, 0) is 11.2 Å². The maximum Gasteiger partial charge on any atom is 0.196 e. The first-order chi connectivity index (χ1) is 13.6. The topological polar surface area (TPSA) is 63.2 Å². The zero-order valence-corrected chi connectivity index (χ0v) is 15.5. The number of carbonyl (C=O) groups excluding carboxylic acids is 3. The average Bonchev–Trinajstić information content (AvgIpc) is 2.73. The lowest BCUT2D eigenvalue weighted by Gasteiger charge is -2.26. The first kappa shape index (κ1) is 17.9. The summed E-state index contributed by atoms with van der Waals surface area (Å²) in [4.78, 5) is 37.5. The summed E-state index contributed by atoms with van der Waals surface area (Å²) in [6.45, 7) is 2.67. The van der Waals surface area contributed by atoms with Gasteiger partial charge in [0.2, 0.25) is 0 Å². The zero-order valence-electron chi connectivity index (χ0n) is 15.5. The number of benzene rings is 2. The predicted molar refractivity (Wildman–Crippen MR) is 107 cm³/mol. The highest BCUT2D eigenvalue weighted by Gasteiger charge is 2.37. The minimum absolute atomic E-state index is 0.194. The Morgan fingerprint density at radius 2 is 1.57 bits per heavy atom. The molecule has 0 unspecified atom stereocenters. The van der Waals surface area contributed by atoms with Gasteiger partial charge in [0, 0.05) is 29.8 Å². The fourth-order valence-corrected chi connectivity index (χ4v) is 3.68. The van der Waals surface area contributed by atoms with Gasteiger partial charge in [-0.25, -0.2) is 4.79 Å². The van der Waals surface area contributed by atoms with Crippen LogP contribution in [0.4, 0.5) is 0 Å². The predicted octanol–water partition coefficient (Wildman–Crippen LogP) is 3.55. The second-order valence-corrected chi connectivity index (χ2v) is 7.02. The quantitative estimate of drug-likeness (QED) is 0.837. The van der Waals surface area contributed by atoms with Gasteiger partial charge in [0.1, 0.15) is 5.94 Å². The lowest BCUT2D eigenvalue weighted by Crippen LogP contribution is -2.31. The number of hydrogen-bond acceptors (Lipinski definition) is 4. The van der Waals surface area contributed by atoms with Crippen molar-refractivity contribution in [2.24, 2.45) is 0 Å². The van der Waals surface area contributed by atoms with E-state index in [2.05, 4.69) is 29.6 Å². The number of nitrogens with one attached hydrogen (secondary N) is 1. The van der Waals surface area contributed by atoms with Gasteiger partial charge in [-0.15, -0.1) is 0 Å². The molecule has 2 aromatic rings. The zero-order chi connectivity index (χ0) is 19.7. The molecule has 4 nitrogen and oxygen atoms in total. The van der Waals surface area contributed by atoms with Gasteiger partial charge in [-0.3, -0.25) is 9.59 Å². The van der Waals surface area contributed by atoms with E-state index in [1.807, 2.05) is 12.9 Å². The summed E-state index contributed by atoms with van der Waals surface area (Å²) < 4.78 is 0. The Kier molecular flexibility index (Phi) is 4.64. The van der Waals surface area contributed by atoms with Crippen LogP contribution in [0.15, 0.2) is 77.0 Å². The Morgan fingerprint density at radius 1 is 0.929 bits per heavy atom. The highest BCUT2D eigenvalue weighted by Crippen LogP contribution is 2.36. The SMILES string of the molecule is Cc1ccc(CCNC2=CCC(=C=O)C3=C2C(=O)c2ccccc2C3=O)cc1. The van der Waals surface area contributed by atoms with Gasteiger partial charge in [0.05, 0.1) is 16.7 Å². The molecular weight excluding hydrogens is 350 g/mol. The molecule has 28 heavy (non-hydrogen) atoms. The highest BCUT2D eigenvalue weighted by atomic mass is 16.1. The second-order valence-electron chi connectivity index (χ2n) is 7.02. The summed E-state index contributed by atoms with van der Waals surface area (Å²) in [5.74, 6) is 1.34. The first-order valence-electron chi connectivity index (χ1n) is 9.27. The van der Waals surface area contributed by atoms with Crippen LogP contribution in [0, 0.1) is 6.92 Å². The number of allylic oxidation sites excluding steroid dienone is 4. The monoisotopic (exact) mass is 369 g/mol. The molecule has 0 spiro atoms. The Hall–Kier alpha value is -3.49. The normalized spacial score (nSPS) is 15.6. The third kappa shape index (κ3) is 3.04. The van der Waals surface area contributed by atoms with Crippen LogP contribution >= 0.6 is 0 Å². The van der Waals surface area contributed by atoms with Crippen LogP contribution < -0.4 is 5.32 Å². The number of hydrogen-bond donors (Lipinski definition) is 1. The van der Waals surface area contributed by atoms with Crippen LogP contribution in [0.3, 0.4) is 0 Å². The van der Waals surface area contributed by atoms with E-state index in [1.165, 1.54) is 11.1 Å². The van der Waals surface area contributed by atoms with Gasteiger partial charge in [0.25, 0.3) is 0 Å². The molecule has 138 valence electrons. The van der Waals surface area contributed by atoms with Crippen molar-refractivity contribution in [1.82, 2.24) is 5.32 Å². The number of ketones is 2. The molecule has 0 bridgehead atoms. The van der Waals surface area contributed by atoms with E-state index in [-0.39, 0.29) is 34.7 Å². The fraction of sp³-hybridized carbons (Fsp3) is 0.167. The summed E-state index contributed by atoms with van der Waals surface area (Å²) in [7, 11) is 0. The Morgan fingerprint density at radius 3 is 2.21 bits per heavy atom. The van der Waals surface area contributed by atoms with E-state index in [0.29, 0.717) is 23.4 Å². The summed E-state index contributed by atoms with van der Waals surface area (Å²) in [5, 5.41) is 3.30. The molecule has 0 radical (unpaired) electrons. The van der Waals surface area contributed by atoms with Gasteiger partial charge >= 0.3 is 0 Å². The highest BCUT2D eigenvalue weighted by molar-refractivity contribution is 6.30. The minimum Gasteiger partial charge on any atom is -0.384 e. The molecule has 0 fully saturated rings. The Bertz CT molecular complexity index is 1100. The molecule has 2 aliphatic carbocycles. The lowest BCUT2D eigenvalue weighted by molar-refractivity contribution is 0.0977. The number of rotatable bonds is 4. The van der Waals surface area contributed by atoms with Crippen LogP contribution in [0.5, 0.6) is 0 Å². The lowest BCUT2D eigenvalue weighted by atomic mass is 9.77. The third-order valence-electron chi connectivity index (χ3n) is 5.17. The van der Waals surface area contributed by atoms with Gasteiger partial charge in [-0.1, -0.05) is 60.2 Å². The molecule has 0 aliphatic heterocycles. The standard InChI is InChI=1S/C24H19NO3/c1-15-6-8-16(9-7-15)12-13-25-20-11-10-17(14-26)21-22(20)24(28)19-5-3-2-4-18(19)23(21)27/h2-9,11,25H,10,12-13H2,1H3. The van der Waals surface area contributed by atoms with Crippen molar-refractivity contribution in [2.75, 3.05) is 6.54 Å². The summed E-state index contributed by atoms with van der Waals surface area (Å²) in [5.41, 5.74) is 4.47. The maximum absolute atomic E-state index is 13.1.